The minimum Gasteiger partial charge on any atom is -0.379 e. The zero-order chi connectivity index (χ0) is 15.1. The third kappa shape index (κ3) is 5.82. The normalized spacial score (nSPS) is 16.6. The minimum atomic E-state index is -3.39. The Morgan fingerprint density at radius 2 is 1.86 bits per heavy atom. The Morgan fingerprint density at radius 1 is 1.19 bits per heavy atom. The van der Waals surface area contributed by atoms with Crippen molar-refractivity contribution in [1.29, 1.82) is 0 Å². The van der Waals surface area contributed by atoms with E-state index in [0.717, 1.165) is 13.1 Å². The molecule has 7 heteroatoms. The Bertz CT molecular complexity index is 554. The molecule has 0 saturated carbocycles. The zero-order valence-electron chi connectivity index (χ0n) is 11.8. The predicted molar refractivity (Wildman–Crippen MR) is 81.0 cm³/mol. The van der Waals surface area contributed by atoms with Gasteiger partial charge in [0.25, 0.3) is 0 Å². The van der Waals surface area contributed by atoms with Gasteiger partial charge in [-0.3, -0.25) is 9.69 Å². The number of rotatable bonds is 6. The van der Waals surface area contributed by atoms with E-state index in [1.54, 1.807) is 24.3 Å². The van der Waals surface area contributed by atoms with E-state index < -0.39 is 21.5 Å². The topological polar surface area (TPSA) is 75.7 Å². The largest absolute Gasteiger partial charge is 0.379 e. The number of morpholine rings is 1. The van der Waals surface area contributed by atoms with E-state index in [1.807, 2.05) is 11.0 Å². The van der Waals surface area contributed by atoms with Gasteiger partial charge < -0.3 is 10.1 Å². The van der Waals surface area contributed by atoms with Gasteiger partial charge in [-0.15, -0.1) is 0 Å². The van der Waals surface area contributed by atoms with E-state index >= 15 is 0 Å². The molecule has 1 aliphatic rings. The maximum Gasteiger partial charge on any atom is 0.239 e. The van der Waals surface area contributed by atoms with Gasteiger partial charge in [0.1, 0.15) is 5.75 Å². The first-order valence-corrected chi connectivity index (χ1v) is 8.73. The molecule has 0 atom stereocenters. The van der Waals surface area contributed by atoms with Gasteiger partial charge in [-0.2, -0.15) is 0 Å². The third-order valence-electron chi connectivity index (χ3n) is 3.23. The highest BCUT2D eigenvalue weighted by molar-refractivity contribution is 7.92. The molecule has 0 aromatic heterocycles. The van der Waals surface area contributed by atoms with Crippen molar-refractivity contribution in [1.82, 2.24) is 4.90 Å². The van der Waals surface area contributed by atoms with E-state index in [1.165, 1.54) is 0 Å². The number of nitrogens with zero attached hydrogens (tertiary/aromatic N) is 1. The Kier molecular flexibility index (Phi) is 5.72. The lowest BCUT2D eigenvalue weighted by molar-refractivity contribution is -0.113. The number of carbonyl (C=O) groups is 1. The minimum absolute atomic E-state index is 0.00475. The van der Waals surface area contributed by atoms with Gasteiger partial charge in [-0.05, 0) is 12.1 Å². The quantitative estimate of drug-likeness (QED) is 0.821. The number of hydrogen-bond acceptors (Lipinski definition) is 5. The van der Waals surface area contributed by atoms with E-state index in [9.17, 15) is 13.2 Å². The number of para-hydroxylation sites is 1. The molecule has 116 valence electrons. The van der Waals surface area contributed by atoms with Crippen molar-refractivity contribution in [3.8, 4) is 0 Å². The number of anilines is 1. The first-order valence-electron chi connectivity index (χ1n) is 6.91. The van der Waals surface area contributed by atoms with Gasteiger partial charge in [0.05, 0.1) is 19.0 Å². The van der Waals surface area contributed by atoms with Crippen LogP contribution in [0.3, 0.4) is 0 Å². The SMILES string of the molecule is O=C(CS(=O)(=O)CCN1CCOCC1)Nc1ccccc1. The molecule has 1 amide bonds. The fraction of sp³-hybridized carbons (Fsp3) is 0.500. The highest BCUT2D eigenvalue weighted by atomic mass is 32.2. The van der Waals surface area contributed by atoms with Crippen LogP contribution in [0.2, 0.25) is 0 Å². The first kappa shape index (κ1) is 15.9. The molecule has 0 radical (unpaired) electrons. The lowest BCUT2D eigenvalue weighted by atomic mass is 10.3. The number of ether oxygens (including phenoxy) is 1. The average Bonchev–Trinajstić information content (AvgIpc) is 2.47. The van der Waals surface area contributed by atoms with Crippen molar-refractivity contribution in [2.45, 2.75) is 0 Å². The van der Waals surface area contributed by atoms with Crippen LogP contribution in [-0.2, 0) is 19.4 Å². The molecule has 0 bridgehead atoms. The maximum atomic E-state index is 12.0. The number of carbonyl (C=O) groups excluding carboxylic acids is 1. The molecule has 1 aliphatic heterocycles. The van der Waals surface area contributed by atoms with E-state index in [0.29, 0.717) is 25.4 Å². The Morgan fingerprint density at radius 3 is 2.52 bits per heavy atom. The van der Waals surface area contributed by atoms with Crippen molar-refractivity contribution in [3.05, 3.63) is 30.3 Å². The summed E-state index contributed by atoms with van der Waals surface area (Å²) < 4.78 is 29.1. The first-order chi connectivity index (χ1) is 10.1. The van der Waals surface area contributed by atoms with Crippen LogP contribution in [0.25, 0.3) is 0 Å². The Balaban J connectivity index is 1.78. The third-order valence-corrected chi connectivity index (χ3v) is 4.74. The molecule has 1 aromatic carbocycles. The number of nitrogens with one attached hydrogen (secondary N) is 1. The fourth-order valence-corrected chi connectivity index (χ4v) is 3.24. The number of sulfone groups is 1. The van der Waals surface area contributed by atoms with Gasteiger partial charge in [-0.25, -0.2) is 8.42 Å². The van der Waals surface area contributed by atoms with E-state index in [4.69, 9.17) is 4.74 Å². The lowest BCUT2D eigenvalue weighted by Crippen LogP contribution is -2.40. The Hall–Kier alpha value is -1.44. The summed E-state index contributed by atoms with van der Waals surface area (Å²) in [4.78, 5) is 13.8. The summed E-state index contributed by atoms with van der Waals surface area (Å²) in [6.07, 6.45) is 0. The van der Waals surface area contributed by atoms with Gasteiger partial charge in [0.15, 0.2) is 9.84 Å². The molecule has 0 spiro atoms. The van der Waals surface area contributed by atoms with Crippen LogP contribution in [0.5, 0.6) is 0 Å². The summed E-state index contributed by atoms with van der Waals surface area (Å²) in [5.41, 5.74) is 0.603. The molecule has 6 nitrogen and oxygen atoms in total. The zero-order valence-corrected chi connectivity index (χ0v) is 12.6. The molecule has 1 saturated heterocycles. The van der Waals surface area contributed by atoms with Crippen LogP contribution in [0.4, 0.5) is 5.69 Å². The molecule has 1 N–H and O–H groups in total. The van der Waals surface area contributed by atoms with Gasteiger partial charge in [0.2, 0.25) is 5.91 Å². The van der Waals surface area contributed by atoms with Gasteiger partial charge >= 0.3 is 0 Å². The Labute approximate surface area is 125 Å². The van der Waals surface area contributed by atoms with Crippen LogP contribution < -0.4 is 5.32 Å². The standard InChI is InChI=1S/C14H20N2O4S/c17-14(15-13-4-2-1-3-5-13)12-21(18,19)11-8-16-6-9-20-10-7-16/h1-5H,6-12H2,(H,15,17). The summed E-state index contributed by atoms with van der Waals surface area (Å²) in [5, 5.41) is 2.58. The van der Waals surface area contributed by atoms with Crippen LogP contribution in [0.1, 0.15) is 0 Å². The monoisotopic (exact) mass is 312 g/mol. The molecule has 2 rings (SSSR count). The summed E-state index contributed by atoms with van der Waals surface area (Å²) in [6.45, 7) is 3.20. The number of amides is 1. The molecule has 1 aromatic rings. The second kappa shape index (κ2) is 7.53. The van der Waals surface area contributed by atoms with Crippen LogP contribution in [0, 0.1) is 0 Å². The molecule has 1 heterocycles. The number of benzene rings is 1. The number of hydrogen-bond donors (Lipinski definition) is 1. The molecule has 1 fully saturated rings. The van der Waals surface area contributed by atoms with Crippen LogP contribution >= 0.6 is 0 Å². The van der Waals surface area contributed by atoms with Gasteiger partial charge in [-0.1, -0.05) is 18.2 Å². The molecule has 0 aliphatic carbocycles. The van der Waals surface area contributed by atoms with Crippen molar-refractivity contribution in [3.63, 3.8) is 0 Å². The van der Waals surface area contributed by atoms with Crippen molar-refractivity contribution in [2.24, 2.45) is 0 Å². The highest BCUT2D eigenvalue weighted by Gasteiger charge is 2.19. The second-order valence-corrected chi connectivity index (χ2v) is 7.14. The van der Waals surface area contributed by atoms with Crippen molar-refractivity contribution in [2.75, 3.05) is 49.7 Å². The summed E-state index contributed by atoms with van der Waals surface area (Å²) in [6, 6.07) is 8.83. The fourth-order valence-electron chi connectivity index (χ4n) is 2.08. The summed E-state index contributed by atoms with van der Waals surface area (Å²) in [7, 11) is -3.39. The maximum absolute atomic E-state index is 12.0. The van der Waals surface area contributed by atoms with Crippen LogP contribution in [-0.4, -0.2) is 63.6 Å². The molecule has 0 unspecified atom stereocenters. The van der Waals surface area contributed by atoms with Crippen molar-refractivity contribution < 1.29 is 17.9 Å². The predicted octanol–water partition coefficient (Wildman–Crippen LogP) is 0.372. The summed E-state index contributed by atoms with van der Waals surface area (Å²) in [5.74, 6) is -0.982. The van der Waals surface area contributed by atoms with Crippen molar-refractivity contribution >= 4 is 21.4 Å². The molecular formula is C14H20N2O4S. The van der Waals surface area contributed by atoms with E-state index in [-0.39, 0.29) is 5.75 Å². The average molecular weight is 312 g/mol. The molecular weight excluding hydrogens is 292 g/mol. The molecule has 21 heavy (non-hydrogen) atoms. The second-order valence-electron chi connectivity index (χ2n) is 4.96. The van der Waals surface area contributed by atoms with Crippen LogP contribution in [0.15, 0.2) is 30.3 Å². The lowest BCUT2D eigenvalue weighted by Gasteiger charge is -2.26. The highest BCUT2D eigenvalue weighted by Crippen LogP contribution is 2.05. The summed E-state index contributed by atoms with van der Waals surface area (Å²) >= 11 is 0. The van der Waals surface area contributed by atoms with E-state index in [2.05, 4.69) is 5.32 Å². The smallest absolute Gasteiger partial charge is 0.239 e. The van der Waals surface area contributed by atoms with Gasteiger partial charge in [0, 0.05) is 25.3 Å².